The number of esters is 1. The minimum absolute atomic E-state index is 0.169. The summed E-state index contributed by atoms with van der Waals surface area (Å²) < 4.78 is 6.51. The summed E-state index contributed by atoms with van der Waals surface area (Å²) in [5.74, 6) is -0.551. The van der Waals surface area contributed by atoms with E-state index in [0.717, 1.165) is 5.56 Å². The number of nitrogens with one attached hydrogen (secondary N) is 1. The summed E-state index contributed by atoms with van der Waals surface area (Å²) in [5, 5.41) is 2.78. The molecular formula is C16H17N3O3. The highest BCUT2D eigenvalue weighted by molar-refractivity contribution is 5.92. The molecule has 0 aliphatic rings. The number of ether oxygens (including phenoxy) is 1. The molecule has 6 nitrogen and oxygen atoms in total. The number of amides is 1. The third-order valence-corrected chi connectivity index (χ3v) is 2.99. The highest BCUT2D eigenvalue weighted by Crippen LogP contribution is 2.07. The first kappa shape index (κ1) is 15.5. The third-order valence-electron chi connectivity index (χ3n) is 2.99. The first-order valence-corrected chi connectivity index (χ1v) is 6.79. The second-order valence-electron chi connectivity index (χ2n) is 4.54. The molecular weight excluding hydrogens is 282 g/mol. The van der Waals surface area contributed by atoms with E-state index in [4.69, 9.17) is 0 Å². The largest absolute Gasteiger partial charge is 0.465 e. The van der Waals surface area contributed by atoms with Crippen LogP contribution < -0.4 is 5.32 Å². The number of benzene rings is 1. The molecule has 6 heteroatoms. The molecule has 0 fully saturated rings. The van der Waals surface area contributed by atoms with E-state index in [1.165, 1.54) is 13.2 Å². The average Bonchev–Trinajstić information content (AvgIpc) is 3.06. The molecule has 0 saturated heterocycles. The molecule has 114 valence electrons. The molecule has 0 bridgehead atoms. The van der Waals surface area contributed by atoms with Crippen LogP contribution in [0.4, 0.5) is 0 Å². The molecule has 0 radical (unpaired) electrons. The number of carbonyl (C=O) groups excluding carboxylic acids is 2. The van der Waals surface area contributed by atoms with Crippen molar-refractivity contribution in [2.75, 3.05) is 13.7 Å². The van der Waals surface area contributed by atoms with Crippen LogP contribution in [0.25, 0.3) is 6.08 Å². The number of hydrogen-bond acceptors (Lipinski definition) is 4. The maximum absolute atomic E-state index is 11.7. The van der Waals surface area contributed by atoms with Crippen molar-refractivity contribution in [2.24, 2.45) is 0 Å². The highest BCUT2D eigenvalue weighted by Gasteiger charge is 2.03. The maximum atomic E-state index is 11.7. The number of aromatic nitrogens is 2. The minimum Gasteiger partial charge on any atom is -0.465 e. The van der Waals surface area contributed by atoms with Crippen molar-refractivity contribution in [1.82, 2.24) is 14.9 Å². The van der Waals surface area contributed by atoms with Crippen LogP contribution in [0.5, 0.6) is 0 Å². The van der Waals surface area contributed by atoms with Crippen LogP contribution >= 0.6 is 0 Å². The van der Waals surface area contributed by atoms with E-state index in [9.17, 15) is 9.59 Å². The molecule has 0 aliphatic heterocycles. The summed E-state index contributed by atoms with van der Waals surface area (Å²) in [7, 11) is 1.34. The fourth-order valence-electron chi connectivity index (χ4n) is 1.81. The highest BCUT2D eigenvalue weighted by atomic mass is 16.5. The van der Waals surface area contributed by atoms with Gasteiger partial charge in [-0.15, -0.1) is 0 Å². The molecule has 0 saturated carbocycles. The first-order chi connectivity index (χ1) is 10.7. The Kier molecular flexibility index (Phi) is 5.48. The van der Waals surface area contributed by atoms with E-state index in [0.29, 0.717) is 18.7 Å². The van der Waals surface area contributed by atoms with Gasteiger partial charge in [-0.25, -0.2) is 9.78 Å². The zero-order valence-electron chi connectivity index (χ0n) is 12.2. The summed E-state index contributed by atoms with van der Waals surface area (Å²) in [6.07, 6.45) is 8.38. The second-order valence-corrected chi connectivity index (χ2v) is 4.54. The molecule has 0 spiro atoms. The lowest BCUT2D eigenvalue weighted by atomic mass is 10.1. The number of rotatable bonds is 6. The Hall–Kier alpha value is -2.89. The topological polar surface area (TPSA) is 73.2 Å². The number of nitrogens with zero attached hydrogens (tertiary/aromatic N) is 2. The van der Waals surface area contributed by atoms with Gasteiger partial charge in [-0.05, 0) is 23.8 Å². The van der Waals surface area contributed by atoms with Gasteiger partial charge in [0.2, 0.25) is 5.91 Å². The van der Waals surface area contributed by atoms with Crippen molar-refractivity contribution in [1.29, 1.82) is 0 Å². The van der Waals surface area contributed by atoms with Crippen molar-refractivity contribution in [3.63, 3.8) is 0 Å². The predicted molar refractivity (Wildman–Crippen MR) is 82.1 cm³/mol. The van der Waals surface area contributed by atoms with Crippen LogP contribution in [0.15, 0.2) is 49.1 Å². The zero-order valence-corrected chi connectivity index (χ0v) is 12.2. The zero-order chi connectivity index (χ0) is 15.8. The summed E-state index contributed by atoms with van der Waals surface area (Å²) in [4.78, 5) is 26.9. The smallest absolute Gasteiger partial charge is 0.337 e. The van der Waals surface area contributed by atoms with Gasteiger partial charge in [0.25, 0.3) is 0 Å². The van der Waals surface area contributed by atoms with Crippen LogP contribution in [-0.2, 0) is 16.1 Å². The lowest BCUT2D eigenvalue weighted by Crippen LogP contribution is -2.25. The van der Waals surface area contributed by atoms with Crippen LogP contribution in [0.2, 0.25) is 0 Å². The summed E-state index contributed by atoms with van der Waals surface area (Å²) in [5.41, 5.74) is 1.31. The fourth-order valence-corrected chi connectivity index (χ4v) is 1.81. The molecule has 2 aromatic rings. The second kappa shape index (κ2) is 7.78. The van der Waals surface area contributed by atoms with Crippen LogP contribution in [0.3, 0.4) is 0 Å². The Morgan fingerprint density at radius 3 is 2.73 bits per heavy atom. The predicted octanol–water partition coefficient (Wildman–Crippen LogP) is 1.50. The molecule has 0 aliphatic carbocycles. The van der Waals surface area contributed by atoms with E-state index in [-0.39, 0.29) is 11.9 Å². The Labute approximate surface area is 128 Å². The van der Waals surface area contributed by atoms with Crippen molar-refractivity contribution < 1.29 is 14.3 Å². The number of methoxy groups -OCH3 is 1. The number of carbonyl (C=O) groups is 2. The first-order valence-electron chi connectivity index (χ1n) is 6.79. The number of hydrogen-bond donors (Lipinski definition) is 1. The Balaban J connectivity index is 1.80. The number of imidazole rings is 1. The van der Waals surface area contributed by atoms with Gasteiger partial charge >= 0.3 is 5.97 Å². The molecule has 0 atom stereocenters. The standard InChI is InChI=1S/C16H17N3O3/c1-22-16(21)14-5-2-13(3-6-14)4-7-15(20)18-9-11-19-10-8-17-12-19/h2-8,10,12H,9,11H2,1H3,(H,18,20)/b7-4+. The van der Waals surface area contributed by atoms with Gasteiger partial charge < -0.3 is 14.6 Å². The van der Waals surface area contributed by atoms with Gasteiger partial charge in [-0.3, -0.25) is 4.79 Å². The average molecular weight is 299 g/mol. The molecule has 1 aromatic carbocycles. The van der Waals surface area contributed by atoms with Crippen molar-refractivity contribution in [2.45, 2.75) is 6.54 Å². The fraction of sp³-hybridized carbons (Fsp3) is 0.188. The van der Waals surface area contributed by atoms with E-state index in [1.54, 1.807) is 42.9 Å². The molecule has 2 rings (SSSR count). The van der Waals surface area contributed by atoms with Gasteiger partial charge in [0.15, 0.2) is 0 Å². The summed E-state index contributed by atoms with van der Waals surface area (Å²) >= 11 is 0. The quantitative estimate of drug-likeness (QED) is 0.648. The summed E-state index contributed by atoms with van der Waals surface area (Å²) in [6.45, 7) is 1.20. The molecule has 22 heavy (non-hydrogen) atoms. The Morgan fingerprint density at radius 2 is 2.09 bits per heavy atom. The van der Waals surface area contributed by atoms with Crippen LogP contribution in [0, 0.1) is 0 Å². The van der Waals surface area contributed by atoms with Crippen LogP contribution in [-0.4, -0.2) is 35.1 Å². The van der Waals surface area contributed by atoms with Crippen molar-refractivity contribution >= 4 is 18.0 Å². The lowest BCUT2D eigenvalue weighted by Gasteiger charge is -2.03. The normalized spacial score (nSPS) is 10.6. The monoisotopic (exact) mass is 299 g/mol. The van der Waals surface area contributed by atoms with Crippen molar-refractivity contribution in [3.05, 3.63) is 60.2 Å². The van der Waals surface area contributed by atoms with Gasteiger partial charge in [0, 0.05) is 31.6 Å². The maximum Gasteiger partial charge on any atom is 0.337 e. The SMILES string of the molecule is COC(=O)c1ccc(/C=C/C(=O)NCCn2ccnc2)cc1. The Bertz CT molecular complexity index is 646. The van der Waals surface area contributed by atoms with E-state index in [2.05, 4.69) is 15.0 Å². The molecule has 0 unspecified atom stereocenters. The van der Waals surface area contributed by atoms with E-state index < -0.39 is 0 Å². The third kappa shape index (κ3) is 4.59. The van der Waals surface area contributed by atoms with Gasteiger partial charge in [0.05, 0.1) is 19.0 Å². The molecule has 1 aromatic heterocycles. The molecule has 1 amide bonds. The van der Waals surface area contributed by atoms with E-state index >= 15 is 0 Å². The van der Waals surface area contributed by atoms with Gasteiger partial charge in [-0.2, -0.15) is 0 Å². The van der Waals surface area contributed by atoms with Crippen LogP contribution in [0.1, 0.15) is 15.9 Å². The van der Waals surface area contributed by atoms with Gasteiger partial charge in [-0.1, -0.05) is 12.1 Å². The van der Waals surface area contributed by atoms with Crippen molar-refractivity contribution in [3.8, 4) is 0 Å². The lowest BCUT2D eigenvalue weighted by molar-refractivity contribution is -0.116. The molecule has 1 N–H and O–H groups in total. The Morgan fingerprint density at radius 1 is 1.32 bits per heavy atom. The minimum atomic E-state index is -0.382. The molecule has 1 heterocycles. The van der Waals surface area contributed by atoms with Gasteiger partial charge in [0.1, 0.15) is 0 Å². The summed E-state index contributed by atoms with van der Waals surface area (Å²) in [6, 6.07) is 6.81. The van der Waals surface area contributed by atoms with E-state index in [1.807, 2.05) is 10.8 Å².